The number of nitrogens with one attached hydrogen (secondary N) is 1. The lowest BCUT2D eigenvalue weighted by molar-refractivity contribution is 0.770. The molecule has 0 aliphatic rings. The van der Waals surface area contributed by atoms with E-state index in [4.69, 9.17) is 10.5 Å². The molecule has 6 nitrogen and oxygen atoms in total. The molecule has 0 saturated heterocycles. The minimum Gasteiger partial charge on any atom is -0.276 e. The Labute approximate surface area is 124 Å². The van der Waals surface area contributed by atoms with Crippen LogP contribution in [0.25, 0.3) is 11.3 Å². The molecule has 2 aromatic rings. The summed E-state index contributed by atoms with van der Waals surface area (Å²) in [5.41, 5.74) is 4.82. The Morgan fingerprint density at radius 3 is 2.75 bits per heavy atom. The van der Waals surface area contributed by atoms with Crippen LogP contribution in [0.1, 0.15) is 0 Å². The molecule has 0 spiro atoms. The number of hydrazone groups is 1. The highest BCUT2D eigenvalue weighted by molar-refractivity contribution is 9.10. The monoisotopic (exact) mass is 328 g/mol. The number of benzene rings is 1. The van der Waals surface area contributed by atoms with E-state index in [2.05, 4.69) is 31.6 Å². The lowest BCUT2D eigenvalue weighted by Gasteiger charge is -2.03. The SMILES string of the molecule is Cn1cc(Br)c(-c2cccc(NN=C(C#N)C#N)c2)n1. The average Bonchev–Trinajstić information content (AvgIpc) is 2.79. The molecule has 0 saturated carbocycles. The van der Waals surface area contributed by atoms with Crippen molar-refractivity contribution in [1.29, 1.82) is 10.5 Å². The first-order valence-corrected chi connectivity index (χ1v) is 6.37. The van der Waals surface area contributed by atoms with Crippen LogP contribution < -0.4 is 5.43 Å². The minimum absolute atomic E-state index is 0.227. The van der Waals surface area contributed by atoms with E-state index in [1.54, 1.807) is 22.9 Å². The third kappa shape index (κ3) is 3.02. The molecule has 2 rings (SSSR count). The van der Waals surface area contributed by atoms with E-state index in [1.165, 1.54) is 0 Å². The highest BCUT2D eigenvalue weighted by Crippen LogP contribution is 2.28. The normalized spacial score (nSPS) is 9.40. The molecule has 98 valence electrons. The number of nitrogens with zero attached hydrogens (tertiary/aromatic N) is 5. The smallest absolute Gasteiger partial charge is 0.237 e. The van der Waals surface area contributed by atoms with Crippen LogP contribution in [0.15, 0.2) is 40.0 Å². The Morgan fingerprint density at radius 1 is 1.40 bits per heavy atom. The quantitative estimate of drug-likeness (QED) is 0.692. The Balaban J connectivity index is 2.30. The molecule has 1 aromatic heterocycles. The molecule has 0 bridgehead atoms. The van der Waals surface area contributed by atoms with Crippen LogP contribution in [-0.2, 0) is 7.05 Å². The number of hydrogen-bond donors (Lipinski definition) is 1. The number of halogens is 1. The number of aryl methyl sites for hydroxylation is 1. The van der Waals surface area contributed by atoms with Gasteiger partial charge in [-0.05, 0) is 28.1 Å². The van der Waals surface area contributed by atoms with Crippen LogP contribution in [0.5, 0.6) is 0 Å². The first kappa shape index (κ1) is 13.8. The van der Waals surface area contributed by atoms with Gasteiger partial charge in [0.25, 0.3) is 0 Å². The minimum atomic E-state index is -0.227. The molecule has 1 aromatic carbocycles. The maximum atomic E-state index is 8.61. The molecular formula is C13H9BrN6. The summed E-state index contributed by atoms with van der Waals surface area (Å²) in [7, 11) is 1.84. The number of aromatic nitrogens is 2. The van der Waals surface area contributed by atoms with Gasteiger partial charge in [-0.15, -0.1) is 0 Å². The van der Waals surface area contributed by atoms with E-state index in [1.807, 2.05) is 31.4 Å². The summed E-state index contributed by atoms with van der Waals surface area (Å²) in [4.78, 5) is 0. The summed E-state index contributed by atoms with van der Waals surface area (Å²) in [6.45, 7) is 0. The lowest BCUT2D eigenvalue weighted by Crippen LogP contribution is -1.96. The lowest BCUT2D eigenvalue weighted by atomic mass is 10.1. The topological polar surface area (TPSA) is 89.8 Å². The molecule has 0 fully saturated rings. The molecule has 0 aliphatic carbocycles. The molecule has 0 radical (unpaired) electrons. The van der Waals surface area contributed by atoms with Crippen molar-refractivity contribution in [2.75, 3.05) is 5.43 Å². The zero-order valence-electron chi connectivity index (χ0n) is 10.5. The summed E-state index contributed by atoms with van der Waals surface area (Å²) in [6.07, 6.45) is 1.86. The van der Waals surface area contributed by atoms with Crippen molar-refractivity contribution in [1.82, 2.24) is 9.78 Å². The summed E-state index contributed by atoms with van der Waals surface area (Å²) in [5.74, 6) is 0. The molecule has 7 heteroatoms. The summed E-state index contributed by atoms with van der Waals surface area (Å²) >= 11 is 3.45. The van der Waals surface area contributed by atoms with Crippen molar-refractivity contribution >= 4 is 27.3 Å². The van der Waals surface area contributed by atoms with Crippen molar-refractivity contribution in [3.63, 3.8) is 0 Å². The predicted molar refractivity (Wildman–Crippen MR) is 78.6 cm³/mol. The van der Waals surface area contributed by atoms with Crippen molar-refractivity contribution in [3.8, 4) is 23.4 Å². The molecular weight excluding hydrogens is 320 g/mol. The van der Waals surface area contributed by atoms with Gasteiger partial charge < -0.3 is 0 Å². The van der Waals surface area contributed by atoms with Crippen molar-refractivity contribution in [3.05, 3.63) is 34.9 Å². The van der Waals surface area contributed by atoms with Crippen LogP contribution in [0, 0.1) is 22.7 Å². The molecule has 20 heavy (non-hydrogen) atoms. The Bertz CT molecular complexity index is 731. The van der Waals surface area contributed by atoms with E-state index < -0.39 is 0 Å². The first-order valence-electron chi connectivity index (χ1n) is 5.57. The number of anilines is 1. The summed E-state index contributed by atoms with van der Waals surface area (Å²) in [5, 5.41) is 25.3. The van der Waals surface area contributed by atoms with Gasteiger partial charge in [0.1, 0.15) is 17.8 Å². The van der Waals surface area contributed by atoms with Crippen LogP contribution in [-0.4, -0.2) is 15.5 Å². The van der Waals surface area contributed by atoms with Gasteiger partial charge in [-0.2, -0.15) is 20.7 Å². The van der Waals surface area contributed by atoms with Gasteiger partial charge in [0.15, 0.2) is 0 Å². The maximum absolute atomic E-state index is 8.61. The molecule has 0 atom stereocenters. The van der Waals surface area contributed by atoms with Gasteiger partial charge in [-0.25, -0.2) is 0 Å². The van der Waals surface area contributed by atoms with Crippen LogP contribution >= 0.6 is 15.9 Å². The fraction of sp³-hybridized carbons (Fsp3) is 0.0769. The molecule has 0 unspecified atom stereocenters. The van der Waals surface area contributed by atoms with Crippen molar-refractivity contribution < 1.29 is 0 Å². The first-order chi connectivity index (χ1) is 9.63. The second-order valence-electron chi connectivity index (χ2n) is 3.88. The fourth-order valence-corrected chi connectivity index (χ4v) is 2.19. The number of nitriles is 2. The Kier molecular flexibility index (Phi) is 4.14. The van der Waals surface area contributed by atoms with Crippen molar-refractivity contribution in [2.45, 2.75) is 0 Å². The van der Waals surface area contributed by atoms with Gasteiger partial charge in [-0.1, -0.05) is 12.1 Å². The maximum Gasteiger partial charge on any atom is 0.237 e. The van der Waals surface area contributed by atoms with E-state index in [-0.39, 0.29) is 5.71 Å². The second kappa shape index (κ2) is 6.00. The van der Waals surface area contributed by atoms with Crippen LogP contribution in [0.2, 0.25) is 0 Å². The van der Waals surface area contributed by atoms with Gasteiger partial charge in [0.2, 0.25) is 5.71 Å². The van der Waals surface area contributed by atoms with E-state index in [0.717, 1.165) is 15.7 Å². The van der Waals surface area contributed by atoms with E-state index in [9.17, 15) is 0 Å². The highest BCUT2D eigenvalue weighted by Gasteiger charge is 2.08. The van der Waals surface area contributed by atoms with E-state index >= 15 is 0 Å². The molecule has 1 N–H and O–H groups in total. The van der Waals surface area contributed by atoms with Gasteiger partial charge in [-0.3, -0.25) is 10.1 Å². The third-order valence-electron chi connectivity index (χ3n) is 2.43. The highest BCUT2D eigenvalue weighted by atomic mass is 79.9. The number of rotatable bonds is 3. The third-order valence-corrected chi connectivity index (χ3v) is 3.01. The Morgan fingerprint density at radius 2 is 2.15 bits per heavy atom. The second-order valence-corrected chi connectivity index (χ2v) is 4.73. The zero-order chi connectivity index (χ0) is 14.5. The largest absolute Gasteiger partial charge is 0.276 e. The molecule has 0 amide bonds. The summed E-state index contributed by atoms with van der Waals surface area (Å²) in [6, 6.07) is 10.7. The zero-order valence-corrected chi connectivity index (χ0v) is 12.1. The molecule has 1 heterocycles. The van der Waals surface area contributed by atoms with Gasteiger partial charge >= 0.3 is 0 Å². The summed E-state index contributed by atoms with van der Waals surface area (Å²) < 4.78 is 2.59. The van der Waals surface area contributed by atoms with Gasteiger partial charge in [0.05, 0.1) is 10.2 Å². The van der Waals surface area contributed by atoms with E-state index in [0.29, 0.717) is 5.69 Å². The fourth-order valence-electron chi connectivity index (χ4n) is 1.59. The van der Waals surface area contributed by atoms with Gasteiger partial charge in [0, 0.05) is 18.8 Å². The van der Waals surface area contributed by atoms with Crippen molar-refractivity contribution in [2.24, 2.45) is 12.1 Å². The predicted octanol–water partition coefficient (Wildman–Crippen LogP) is 2.66. The number of hydrogen-bond acceptors (Lipinski definition) is 5. The average molecular weight is 329 g/mol. The molecule has 0 aliphatic heterocycles. The van der Waals surface area contributed by atoms with Crippen LogP contribution in [0.3, 0.4) is 0 Å². The van der Waals surface area contributed by atoms with Crippen LogP contribution in [0.4, 0.5) is 5.69 Å². The standard InChI is InChI=1S/C13H9BrN6/c1-20-8-12(14)13(19-20)9-3-2-4-10(5-9)17-18-11(6-15)7-16/h2-5,8,17H,1H3. The Hall–Kier alpha value is -2.64.